The van der Waals surface area contributed by atoms with Gasteiger partial charge in [-0.1, -0.05) is 23.7 Å². The minimum atomic E-state index is -0.192. The van der Waals surface area contributed by atoms with E-state index in [1.54, 1.807) is 6.07 Å². The highest BCUT2D eigenvalue weighted by molar-refractivity contribution is 6.29. The van der Waals surface area contributed by atoms with E-state index in [1.165, 1.54) is 12.3 Å². The van der Waals surface area contributed by atoms with Crippen LogP contribution in [0.2, 0.25) is 5.15 Å². The van der Waals surface area contributed by atoms with Crippen molar-refractivity contribution in [1.29, 1.82) is 0 Å². The zero-order valence-corrected chi connectivity index (χ0v) is 11.9. The number of benzene rings is 1. The van der Waals surface area contributed by atoms with Crippen molar-refractivity contribution >= 4 is 17.5 Å². The second kappa shape index (κ2) is 6.91. The fourth-order valence-electron chi connectivity index (χ4n) is 1.68. The van der Waals surface area contributed by atoms with Crippen molar-refractivity contribution in [3.63, 3.8) is 0 Å². The van der Waals surface area contributed by atoms with E-state index >= 15 is 0 Å². The fraction of sp³-hybridized carbons (Fsp3) is 0.200. The van der Waals surface area contributed by atoms with E-state index in [-0.39, 0.29) is 5.91 Å². The Kier molecular flexibility index (Phi) is 4.96. The van der Waals surface area contributed by atoms with Crippen LogP contribution in [-0.4, -0.2) is 24.0 Å². The van der Waals surface area contributed by atoms with Gasteiger partial charge in [-0.15, -0.1) is 0 Å². The number of ether oxygens (including phenoxy) is 1. The summed E-state index contributed by atoms with van der Waals surface area (Å²) >= 11 is 5.73. The average molecular weight is 291 g/mol. The molecule has 0 unspecified atom stereocenters. The maximum atomic E-state index is 11.8. The molecular weight excluding hydrogens is 276 g/mol. The second-order valence-corrected chi connectivity index (χ2v) is 4.68. The smallest absolute Gasteiger partial charge is 0.251 e. The summed E-state index contributed by atoms with van der Waals surface area (Å²) in [6.07, 6.45) is 1.50. The lowest BCUT2D eigenvalue weighted by atomic mass is 10.2. The topological polar surface area (TPSA) is 51.2 Å². The number of carbonyl (C=O) groups excluding carboxylic acids is 1. The molecule has 0 saturated heterocycles. The van der Waals surface area contributed by atoms with Crippen LogP contribution in [0.1, 0.15) is 15.9 Å². The maximum Gasteiger partial charge on any atom is 0.251 e. The van der Waals surface area contributed by atoms with Gasteiger partial charge in [0.1, 0.15) is 17.5 Å². The van der Waals surface area contributed by atoms with Gasteiger partial charge in [0.15, 0.2) is 0 Å². The van der Waals surface area contributed by atoms with Gasteiger partial charge in [0, 0.05) is 11.8 Å². The molecule has 0 aliphatic carbocycles. The van der Waals surface area contributed by atoms with E-state index in [0.29, 0.717) is 23.9 Å². The molecule has 1 aromatic heterocycles. The largest absolute Gasteiger partial charge is 0.492 e. The Morgan fingerprint density at radius 2 is 2.20 bits per heavy atom. The summed E-state index contributed by atoms with van der Waals surface area (Å²) in [7, 11) is 0. The first kappa shape index (κ1) is 14.3. The molecular formula is C15H15ClN2O2. The lowest BCUT2D eigenvalue weighted by molar-refractivity contribution is 0.0947. The quantitative estimate of drug-likeness (QED) is 0.680. The fourth-order valence-corrected chi connectivity index (χ4v) is 1.86. The number of aryl methyl sites for hydroxylation is 1. The minimum Gasteiger partial charge on any atom is -0.492 e. The number of pyridine rings is 1. The first-order chi connectivity index (χ1) is 9.65. The third-order valence-electron chi connectivity index (χ3n) is 2.63. The number of halogens is 1. The van der Waals surface area contributed by atoms with Crippen molar-refractivity contribution in [2.45, 2.75) is 6.92 Å². The third kappa shape index (κ3) is 4.24. The Hall–Kier alpha value is -2.07. The summed E-state index contributed by atoms with van der Waals surface area (Å²) < 4.78 is 5.54. The zero-order valence-electron chi connectivity index (χ0n) is 11.1. The summed E-state index contributed by atoms with van der Waals surface area (Å²) in [5.41, 5.74) is 1.62. The molecule has 0 bridgehead atoms. The van der Waals surface area contributed by atoms with Crippen LogP contribution in [0.25, 0.3) is 0 Å². The van der Waals surface area contributed by atoms with E-state index in [2.05, 4.69) is 10.3 Å². The second-order valence-electron chi connectivity index (χ2n) is 4.29. The highest BCUT2D eigenvalue weighted by atomic mass is 35.5. The molecule has 2 rings (SSSR count). The Morgan fingerprint density at radius 3 is 2.95 bits per heavy atom. The number of rotatable bonds is 5. The van der Waals surface area contributed by atoms with Gasteiger partial charge < -0.3 is 10.1 Å². The van der Waals surface area contributed by atoms with Gasteiger partial charge in [0.05, 0.1) is 6.54 Å². The van der Waals surface area contributed by atoms with Crippen LogP contribution in [0, 0.1) is 6.92 Å². The van der Waals surface area contributed by atoms with E-state index in [4.69, 9.17) is 16.3 Å². The van der Waals surface area contributed by atoms with Gasteiger partial charge >= 0.3 is 0 Å². The van der Waals surface area contributed by atoms with Crippen molar-refractivity contribution in [1.82, 2.24) is 10.3 Å². The number of nitrogens with zero attached hydrogens (tertiary/aromatic N) is 1. The summed E-state index contributed by atoms with van der Waals surface area (Å²) in [4.78, 5) is 15.6. The van der Waals surface area contributed by atoms with Crippen molar-refractivity contribution in [2.75, 3.05) is 13.2 Å². The molecule has 1 amide bonds. The molecule has 0 saturated carbocycles. The predicted octanol–water partition coefficient (Wildman–Crippen LogP) is 2.85. The molecule has 0 atom stereocenters. The third-order valence-corrected chi connectivity index (χ3v) is 2.84. The predicted molar refractivity (Wildman–Crippen MR) is 78.3 cm³/mol. The van der Waals surface area contributed by atoms with Crippen LogP contribution in [0.3, 0.4) is 0 Å². The highest BCUT2D eigenvalue weighted by Gasteiger charge is 2.05. The Bertz CT molecular complexity index is 602. The SMILES string of the molecule is Cc1cccc(OCCNC(=O)c2ccnc(Cl)c2)c1. The standard InChI is InChI=1S/C15H15ClN2O2/c1-11-3-2-4-13(9-11)20-8-7-18-15(19)12-5-6-17-14(16)10-12/h2-6,9-10H,7-8H2,1H3,(H,18,19). The van der Waals surface area contributed by atoms with Crippen molar-refractivity contribution in [3.05, 3.63) is 58.9 Å². The molecule has 0 spiro atoms. The van der Waals surface area contributed by atoms with Crippen LogP contribution in [0.4, 0.5) is 0 Å². The van der Waals surface area contributed by atoms with E-state index in [9.17, 15) is 4.79 Å². The highest BCUT2D eigenvalue weighted by Crippen LogP contribution is 2.11. The molecule has 2 aromatic rings. The van der Waals surface area contributed by atoms with Crippen LogP contribution < -0.4 is 10.1 Å². The van der Waals surface area contributed by atoms with Crippen molar-refractivity contribution < 1.29 is 9.53 Å². The van der Waals surface area contributed by atoms with Crippen LogP contribution in [0.15, 0.2) is 42.6 Å². The van der Waals surface area contributed by atoms with E-state index in [1.807, 2.05) is 31.2 Å². The van der Waals surface area contributed by atoms with Gasteiger partial charge in [0.25, 0.3) is 5.91 Å². The number of amides is 1. The Labute approximate surface area is 122 Å². The normalized spacial score (nSPS) is 10.1. The first-order valence-electron chi connectivity index (χ1n) is 6.24. The maximum absolute atomic E-state index is 11.8. The summed E-state index contributed by atoms with van der Waals surface area (Å²) in [6, 6.07) is 10.9. The summed E-state index contributed by atoms with van der Waals surface area (Å²) in [6.45, 7) is 2.84. The molecule has 0 fully saturated rings. The Balaban J connectivity index is 1.77. The van der Waals surface area contributed by atoms with Crippen molar-refractivity contribution in [3.8, 4) is 5.75 Å². The molecule has 1 heterocycles. The summed E-state index contributed by atoms with van der Waals surface area (Å²) in [5.74, 6) is 0.605. The van der Waals surface area contributed by atoms with Gasteiger partial charge in [-0.25, -0.2) is 4.98 Å². The lowest BCUT2D eigenvalue weighted by Gasteiger charge is -2.08. The number of carbonyl (C=O) groups is 1. The monoisotopic (exact) mass is 290 g/mol. The van der Waals surface area contributed by atoms with Crippen LogP contribution in [-0.2, 0) is 0 Å². The Morgan fingerprint density at radius 1 is 1.35 bits per heavy atom. The van der Waals surface area contributed by atoms with Crippen LogP contribution >= 0.6 is 11.6 Å². The van der Waals surface area contributed by atoms with E-state index < -0.39 is 0 Å². The number of hydrogen-bond donors (Lipinski definition) is 1. The average Bonchev–Trinajstić information content (AvgIpc) is 2.43. The molecule has 1 N–H and O–H groups in total. The number of nitrogens with one attached hydrogen (secondary N) is 1. The van der Waals surface area contributed by atoms with Gasteiger partial charge in [0.2, 0.25) is 0 Å². The van der Waals surface area contributed by atoms with Gasteiger partial charge in [-0.05, 0) is 36.8 Å². The zero-order chi connectivity index (χ0) is 14.4. The lowest BCUT2D eigenvalue weighted by Crippen LogP contribution is -2.28. The number of aromatic nitrogens is 1. The first-order valence-corrected chi connectivity index (χ1v) is 6.62. The molecule has 4 nitrogen and oxygen atoms in total. The molecule has 20 heavy (non-hydrogen) atoms. The summed E-state index contributed by atoms with van der Waals surface area (Å²) in [5, 5.41) is 3.06. The van der Waals surface area contributed by atoms with Crippen LogP contribution in [0.5, 0.6) is 5.75 Å². The molecule has 0 aliphatic rings. The number of hydrogen-bond acceptors (Lipinski definition) is 3. The molecule has 104 valence electrons. The van der Waals surface area contributed by atoms with E-state index in [0.717, 1.165) is 11.3 Å². The molecule has 5 heteroatoms. The van der Waals surface area contributed by atoms with Gasteiger partial charge in [-0.3, -0.25) is 4.79 Å². The molecule has 0 radical (unpaired) electrons. The van der Waals surface area contributed by atoms with Gasteiger partial charge in [-0.2, -0.15) is 0 Å². The minimum absolute atomic E-state index is 0.192. The van der Waals surface area contributed by atoms with Crippen molar-refractivity contribution in [2.24, 2.45) is 0 Å². The molecule has 1 aromatic carbocycles. The molecule has 0 aliphatic heterocycles.